The second-order valence-electron chi connectivity index (χ2n) is 7.83. The summed E-state index contributed by atoms with van der Waals surface area (Å²) in [6.07, 6.45) is 1.38. The van der Waals surface area contributed by atoms with E-state index in [2.05, 4.69) is 10.2 Å². The molecule has 0 saturated heterocycles. The minimum absolute atomic E-state index is 0.222. The summed E-state index contributed by atoms with van der Waals surface area (Å²) in [5.41, 5.74) is 3.25. The van der Waals surface area contributed by atoms with E-state index in [9.17, 15) is 14.7 Å². The molecular weight excluding hydrogens is 416 g/mol. The number of aromatic hydroxyl groups is 1. The third-order valence-electron chi connectivity index (χ3n) is 5.77. The summed E-state index contributed by atoms with van der Waals surface area (Å²) in [6, 6.07) is 21.6. The Morgan fingerprint density at radius 2 is 1.55 bits per heavy atom. The summed E-state index contributed by atoms with van der Waals surface area (Å²) >= 11 is 0. The first-order chi connectivity index (χ1) is 16.0. The maximum Gasteiger partial charge on any atom is 0.279 e. The number of hydrogen-bond acceptors (Lipinski definition) is 5. The summed E-state index contributed by atoms with van der Waals surface area (Å²) < 4.78 is 1.25. The Bertz CT molecular complexity index is 1530. The number of amides is 1. The predicted octanol–water partition coefficient (Wildman–Crippen LogP) is 3.80. The number of pyridine rings is 1. The summed E-state index contributed by atoms with van der Waals surface area (Å²) in [5, 5.41) is 20.4. The second-order valence-corrected chi connectivity index (χ2v) is 7.83. The van der Waals surface area contributed by atoms with E-state index in [1.807, 2.05) is 43.3 Å². The Morgan fingerprint density at radius 3 is 2.30 bits per heavy atom. The molecule has 4 aromatic rings. The van der Waals surface area contributed by atoms with Crippen molar-refractivity contribution in [1.29, 1.82) is 0 Å². The number of para-hydroxylation sites is 1. The number of aryl methyl sites for hydroxylation is 1. The van der Waals surface area contributed by atoms with Crippen molar-refractivity contribution in [1.82, 2.24) is 4.57 Å². The topological polar surface area (TPSA) is 87.3 Å². The molecule has 0 aliphatic carbocycles. The molecule has 2 heterocycles. The lowest BCUT2D eigenvalue weighted by Crippen LogP contribution is -2.25. The first-order valence-electron chi connectivity index (χ1n) is 10.4. The lowest BCUT2D eigenvalue weighted by molar-refractivity contribution is -0.111. The molecule has 0 bridgehead atoms. The molecule has 162 valence electrons. The van der Waals surface area contributed by atoms with E-state index in [0.717, 1.165) is 11.3 Å². The zero-order valence-electron chi connectivity index (χ0n) is 18.1. The molecule has 5 rings (SSSR count). The molecule has 7 heteroatoms. The van der Waals surface area contributed by atoms with Crippen LogP contribution in [-0.2, 0) is 4.79 Å². The van der Waals surface area contributed by atoms with Gasteiger partial charge in [0.15, 0.2) is 5.71 Å². The van der Waals surface area contributed by atoms with E-state index in [1.54, 1.807) is 43.4 Å². The average molecular weight is 436 g/mol. The Balaban J connectivity index is 1.67. The van der Waals surface area contributed by atoms with Gasteiger partial charge in [-0.25, -0.2) is 4.57 Å². The Morgan fingerprint density at radius 1 is 0.879 bits per heavy atom. The highest BCUT2D eigenvalue weighted by Crippen LogP contribution is 2.28. The SMILES string of the molecule is Cc1ccc(-n2c(O)c(/C=N/N=C3\C(=O)N(C)c4ccccc43)c3ccccc3c2=O)cc1. The van der Waals surface area contributed by atoms with Crippen molar-refractivity contribution in [3.05, 3.63) is 99.8 Å². The highest BCUT2D eigenvalue weighted by atomic mass is 16.3. The van der Waals surface area contributed by atoms with Crippen LogP contribution in [0.5, 0.6) is 5.88 Å². The Kier molecular flexibility index (Phi) is 4.86. The fourth-order valence-electron chi connectivity index (χ4n) is 4.01. The minimum Gasteiger partial charge on any atom is -0.494 e. The molecule has 0 fully saturated rings. The van der Waals surface area contributed by atoms with Gasteiger partial charge < -0.3 is 10.0 Å². The zero-order chi connectivity index (χ0) is 23.1. The minimum atomic E-state index is -0.336. The molecule has 0 radical (unpaired) electrons. The molecule has 0 unspecified atom stereocenters. The number of hydrogen-bond donors (Lipinski definition) is 1. The molecule has 1 aliphatic rings. The summed E-state index contributed by atoms with van der Waals surface area (Å²) in [7, 11) is 1.68. The molecule has 3 aromatic carbocycles. The smallest absolute Gasteiger partial charge is 0.279 e. The number of carbonyl (C=O) groups excluding carboxylic acids is 1. The van der Waals surface area contributed by atoms with Crippen molar-refractivity contribution in [2.45, 2.75) is 6.92 Å². The van der Waals surface area contributed by atoms with E-state index >= 15 is 0 Å². The van der Waals surface area contributed by atoms with Crippen LogP contribution in [0.15, 0.2) is 87.8 Å². The molecule has 7 nitrogen and oxygen atoms in total. The molecule has 0 atom stereocenters. The van der Waals surface area contributed by atoms with Gasteiger partial charge in [-0.15, -0.1) is 5.10 Å². The van der Waals surface area contributed by atoms with Crippen molar-refractivity contribution in [3.8, 4) is 11.6 Å². The van der Waals surface area contributed by atoms with Crippen LogP contribution < -0.4 is 10.5 Å². The van der Waals surface area contributed by atoms with Gasteiger partial charge in [-0.2, -0.15) is 5.10 Å². The van der Waals surface area contributed by atoms with Crippen LogP contribution in [0.2, 0.25) is 0 Å². The normalized spacial score (nSPS) is 14.5. The molecular formula is C26H20N4O3. The number of fused-ring (bicyclic) bond motifs is 2. The number of carbonyl (C=O) groups is 1. The Hall–Kier alpha value is -4.52. The molecule has 1 aromatic heterocycles. The van der Waals surface area contributed by atoms with Gasteiger partial charge in [0.05, 0.1) is 23.2 Å². The van der Waals surface area contributed by atoms with E-state index in [0.29, 0.717) is 27.6 Å². The van der Waals surface area contributed by atoms with Crippen LogP contribution in [-0.4, -0.2) is 34.6 Å². The number of rotatable bonds is 3. The number of aromatic nitrogens is 1. The van der Waals surface area contributed by atoms with E-state index in [4.69, 9.17) is 0 Å². The van der Waals surface area contributed by atoms with Gasteiger partial charge in [0.2, 0.25) is 5.88 Å². The van der Waals surface area contributed by atoms with Crippen LogP contribution >= 0.6 is 0 Å². The molecule has 1 aliphatic heterocycles. The summed E-state index contributed by atoms with van der Waals surface area (Å²) in [5.74, 6) is -0.506. The van der Waals surface area contributed by atoms with Crippen molar-refractivity contribution in [2.75, 3.05) is 11.9 Å². The first kappa shape index (κ1) is 20.4. The fraction of sp³-hybridized carbons (Fsp3) is 0.0769. The highest BCUT2D eigenvalue weighted by molar-refractivity contribution is 6.54. The van der Waals surface area contributed by atoms with E-state index < -0.39 is 0 Å². The van der Waals surface area contributed by atoms with Crippen LogP contribution in [0.3, 0.4) is 0 Å². The fourth-order valence-corrected chi connectivity index (χ4v) is 4.01. The van der Waals surface area contributed by atoms with E-state index in [-0.39, 0.29) is 23.1 Å². The molecule has 1 N–H and O–H groups in total. The maximum atomic E-state index is 13.2. The van der Waals surface area contributed by atoms with Crippen molar-refractivity contribution >= 4 is 34.3 Å². The first-order valence-corrected chi connectivity index (χ1v) is 10.4. The van der Waals surface area contributed by atoms with Gasteiger partial charge in [0.1, 0.15) is 0 Å². The molecule has 1 amide bonds. The van der Waals surface area contributed by atoms with Gasteiger partial charge in [-0.1, -0.05) is 54.1 Å². The number of likely N-dealkylation sites (N-methyl/N-ethyl adjacent to an activating group) is 1. The van der Waals surface area contributed by atoms with Gasteiger partial charge in [-0.3, -0.25) is 9.59 Å². The van der Waals surface area contributed by atoms with Crippen LogP contribution in [0.1, 0.15) is 16.7 Å². The summed E-state index contributed by atoms with van der Waals surface area (Å²) in [4.78, 5) is 27.3. The largest absolute Gasteiger partial charge is 0.494 e. The Labute approximate surface area is 189 Å². The van der Waals surface area contributed by atoms with Crippen molar-refractivity contribution in [3.63, 3.8) is 0 Å². The van der Waals surface area contributed by atoms with Gasteiger partial charge >= 0.3 is 0 Å². The predicted molar refractivity (Wildman–Crippen MR) is 130 cm³/mol. The second kappa shape index (κ2) is 7.87. The number of anilines is 1. The number of nitrogens with zero attached hydrogens (tertiary/aromatic N) is 4. The highest BCUT2D eigenvalue weighted by Gasteiger charge is 2.31. The molecule has 0 saturated carbocycles. The average Bonchev–Trinajstić information content (AvgIpc) is 3.07. The quantitative estimate of drug-likeness (QED) is 0.391. The van der Waals surface area contributed by atoms with E-state index in [1.165, 1.54) is 15.7 Å². The van der Waals surface area contributed by atoms with Crippen LogP contribution in [0.25, 0.3) is 16.5 Å². The van der Waals surface area contributed by atoms with Crippen molar-refractivity contribution in [2.24, 2.45) is 10.2 Å². The van der Waals surface area contributed by atoms with Crippen LogP contribution in [0, 0.1) is 6.92 Å². The van der Waals surface area contributed by atoms with Gasteiger partial charge in [-0.05, 0) is 31.2 Å². The third kappa shape index (κ3) is 3.30. The number of benzene rings is 3. The third-order valence-corrected chi connectivity index (χ3v) is 5.77. The monoisotopic (exact) mass is 436 g/mol. The summed E-state index contributed by atoms with van der Waals surface area (Å²) in [6.45, 7) is 1.95. The maximum absolute atomic E-state index is 13.2. The van der Waals surface area contributed by atoms with Gasteiger partial charge in [0.25, 0.3) is 11.5 Å². The lowest BCUT2D eigenvalue weighted by Gasteiger charge is -2.13. The van der Waals surface area contributed by atoms with Gasteiger partial charge in [0, 0.05) is 23.4 Å². The van der Waals surface area contributed by atoms with Crippen molar-refractivity contribution < 1.29 is 9.90 Å². The van der Waals surface area contributed by atoms with Crippen LogP contribution in [0.4, 0.5) is 5.69 Å². The molecule has 33 heavy (non-hydrogen) atoms. The zero-order valence-corrected chi connectivity index (χ0v) is 18.1. The lowest BCUT2D eigenvalue weighted by atomic mass is 10.1. The molecule has 0 spiro atoms. The standard InChI is InChI=1S/C26H20N4O3/c1-16-11-13-17(14-12-16)30-24(31)19-8-4-3-7-18(19)21(25(30)32)15-27-28-23-20-9-5-6-10-22(20)29(2)26(23)33/h3-15,32H,1-2H3/b27-15+,28-23-.